The van der Waals surface area contributed by atoms with E-state index in [1.54, 1.807) is 0 Å². The summed E-state index contributed by atoms with van der Waals surface area (Å²) < 4.78 is 3.51. The molecule has 0 bridgehead atoms. The van der Waals surface area contributed by atoms with Crippen LogP contribution in [0.15, 0.2) is 34.2 Å². The van der Waals surface area contributed by atoms with Crippen LogP contribution in [0.25, 0.3) is 0 Å². The van der Waals surface area contributed by atoms with E-state index < -0.39 is 11.2 Å². The molecule has 8 heteroatoms. The summed E-state index contributed by atoms with van der Waals surface area (Å²) in [7, 11) is 0. The van der Waals surface area contributed by atoms with Gasteiger partial charge < -0.3 is 14.0 Å². The monoisotopic (exact) mass is 345 g/mol. The van der Waals surface area contributed by atoms with Gasteiger partial charge in [-0.05, 0) is 25.7 Å². The van der Waals surface area contributed by atoms with E-state index in [4.69, 9.17) is 0 Å². The molecule has 0 aliphatic carbocycles. The number of carbonyl (C=O) groups excluding carboxylic acids is 1. The van der Waals surface area contributed by atoms with Crippen molar-refractivity contribution in [1.29, 1.82) is 0 Å². The molecule has 0 spiro atoms. The van der Waals surface area contributed by atoms with Gasteiger partial charge in [-0.25, -0.2) is 9.78 Å². The molecule has 0 saturated carbocycles. The van der Waals surface area contributed by atoms with Crippen LogP contribution < -0.4 is 11.2 Å². The van der Waals surface area contributed by atoms with Crippen LogP contribution in [0.1, 0.15) is 25.1 Å². The maximum Gasteiger partial charge on any atom is 0.328 e. The second-order valence-corrected chi connectivity index (χ2v) is 6.50. The molecule has 25 heavy (non-hydrogen) atoms. The maximum absolute atomic E-state index is 12.4. The van der Waals surface area contributed by atoms with Crippen molar-refractivity contribution < 1.29 is 4.79 Å². The van der Waals surface area contributed by atoms with Crippen molar-refractivity contribution >= 4 is 5.91 Å². The molecule has 3 rings (SSSR count). The van der Waals surface area contributed by atoms with Crippen molar-refractivity contribution in [1.82, 2.24) is 24.0 Å². The number of likely N-dealkylation sites (tertiary alicyclic amines) is 1. The zero-order valence-corrected chi connectivity index (χ0v) is 14.4. The number of carbonyl (C=O) groups is 1. The van der Waals surface area contributed by atoms with Gasteiger partial charge in [0.2, 0.25) is 5.91 Å². The van der Waals surface area contributed by atoms with Gasteiger partial charge in [-0.15, -0.1) is 0 Å². The van der Waals surface area contributed by atoms with Crippen molar-refractivity contribution in [2.45, 2.75) is 39.3 Å². The number of imidazole rings is 1. The minimum Gasteiger partial charge on any atom is -0.343 e. The predicted octanol–water partition coefficient (Wildman–Crippen LogP) is 0.370. The zero-order chi connectivity index (χ0) is 17.8. The molecule has 3 heterocycles. The number of amides is 1. The van der Waals surface area contributed by atoms with E-state index >= 15 is 0 Å². The molecular formula is C17H23N5O3. The third kappa shape index (κ3) is 4.26. The number of H-pyrrole nitrogens is 1. The van der Waals surface area contributed by atoms with Gasteiger partial charge >= 0.3 is 5.69 Å². The standard InChI is InChI=1S/C17H23N5O3/c1-13-18-6-11-22(13)12-14-2-7-20(8-3-14)16(24)5-10-21-9-4-15(23)19-17(21)25/h4,6,9,11,14H,2-3,5,7-8,10,12H2,1H3,(H,19,23,25). The summed E-state index contributed by atoms with van der Waals surface area (Å²) in [6.07, 6.45) is 7.44. The molecule has 1 saturated heterocycles. The molecule has 1 aliphatic heterocycles. The van der Waals surface area contributed by atoms with E-state index in [0.717, 1.165) is 38.3 Å². The first-order valence-corrected chi connectivity index (χ1v) is 8.58. The Balaban J connectivity index is 1.47. The van der Waals surface area contributed by atoms with Crippen molar-refractivity contribution in [2.75, 3.05) is 13.1 Å². The Bertz CT molecular complexity index is 842. The van der Waals surface area contributed by atoms with E-state index in [0.29, 0.717) is 5.92 Å². The quantitative estimate of drug-likeness (QED) is 0.847. The van der Waals surface area contributed by atoms with Crippen LogP contribution in [-0.4, -0.2) is 43.0 Å². The van der Waals surface area contributed by atoms with Gasteiger partial charge in [-0.2, -0.15) is 0 Å². The maximum atomic E-state index is 12.4. The van der Waals surface area contributed by atoms with Crippen LogP contribution in [0.4, 0.5) is 0 Å². The Morgan fingerprint density at radius 3 is 2.64 bits per heavy atom. The molecule has 134 valence electrons. The summed E-state index contributed by atoms with van der Waals surface area (Å²) >= 11 is 0. The molecule has 1 fully saturated rings. The van der Waals surface area contributed by atoms with Crippen molar-refractivity contribution in [3.05, 3.63) is 51.3 Å². The molecule has 2 aromatic heterocycles. The minimum atomic E-state index is -0.477. The third-order valence-corrected chi connectivity index (χ3v) is 4.81. The molecular weight excluding hydrogens is 322 g/mol. The average Bonchev–Trinajstić information content (AvgIpc) is 2.99. The normalized spacial score (nSPS) is 15.5. The highest BCUT2D eigenvalue weighted by atomic mass is 16.2. The lowest BCUT2D eigenvalue weighted by Gasteiger charge is -2.32. The summed E-state index contributed by atoms with van der Waals surface area (Å²) in [4.78, 5) is 43.3. The first kappa shape index (κ1) is 17.2. The van der Waals surface area contributed by atoms with Gasteiger partial charge in [0.1, 0.15) is 5.82 Å². The number of hydrogen-bond acceptors (Lipinski definition) is 4. The van der Waals surface area contributed by atoms with Crippen LogP contribution in [0.3, 0.4) is 0 Å². The van der Waals surface area contributed by atoms with Gasteiger partial charge in [0.15, 0.2) is 0 Å². The minimum absolute atomic E-state index is 0.0513. The molecule has 0 atom stereocenters. The zero-order valence-electron chi connectivity index (χ0n) is 14.4. The van der Waals surface area contributed by atoms with E-state index in [1.807, 2.05) is 24.2 Å². The molecule has 1 amide bonds. The fourth-order valence-corrected chi connectivity index (χ4v) is 3.23. The largest absolute Gasteiger partial charge is 0.343 e. The van der Waals surface area contributed by atoms with Gasteiger partial charge in [-0.3, -0.25) is 14.6 Å². The van der Waals surface area contributed by atoms with Gasteiger partial charge in [-0.1, -0.05) is 0 Å². The van der Waals surface area contributed by atoms with Gasteiger partial charge in [0.05, 0.1) is 0 Å². The van der Waals surface area contributed by atoms with Crippen LogP contribution in [0.5, 0.6) is 0 Å². The fourth-order valence-electron chi connectivity index (χ4n) is 3.23. The van der Waals surface area contributed by atoms with Gasteiger partial charge in [0.25, 0.3) is 5.56 Å². The van der Waals surface area contributed by atoms with E-state index in [2.05, 4.69) is 14.5 Å². The first-order valence-electron chi connectivity index (χ1n) is 8.58. The number of piperidine rings is 1. The van der Waals surface area contributed by atoms with Crippen molar-refractivity contribution in [2.24, 2.45) is 5.92 Å². The Kier molecular flexibility index (Phi) is 5.16. The highest BCUT2D eigenvalue weighted by molar-refractivity contribution is 5.76. The molecule has 8 nitrogen and oxygen atoms in total. The van der Waals surface area contributed by atoms with Crippen molar-refractivity contribution in [3.8, 4) is 0 Å². The third-order valence-electron chi connectivity index (χ3n) is 4.81. The Hall–Kier alpha value is -2.64. The molecule has 0 unspecified atom stereocenters. The number of aromatic amines is 1. The SMILES string of the molecule is Cc1nccn1CC1CCN(C(=O)CCn2ccc(=O)[nH]c2=O)CC1. The highest BCUT2D eigenvalue weighted by Crippen LogP contribution is 2.20. The van der Waals surface area contributed by atoms with Crippen LogP contribution in [-0.2, 0) is 17.9 Å². The summed E-state index contributed by atoms with van der Waals surface area (Å²) in [5, 5.41) is 0. The smallest absolute Gasteiger partial charge is 0.328 e. The Labute approximate surface area is 145 Å². The number of aromatic nitrogens is 4. The summed E-state index contributed by atoms with van der Waals surface area (Å²) in [6.45, 7) is 4.72. The number of nitrogens with zero attached hydrogens (tertiary/aromatic N) is 4. The lowest BCUT2D eigenvalue weighted by atomic mass is 9.96. The fraction of sp³-hybridized carbons (Fsp3) is 0.529. The molecule has 1 aliphatic rings. The van der Waals surface area contributed by atoms with Crippen LogP contribution in [0.2, 0.25) is 0 Å². The summed E-state index contributed by atoms with van der Waals surface area (Å²) in [6, 6.07) is 1.29. The van der Waals surface area contributed by atoms with Gasteiger partial charge in [0, 0.05) is 57.3 Å². The Morgan fingerprint density at radius 2 is 2.00 bits per heavy atom. The predicted molar refractivity (Wildman–Crippen MR) is 92.2 cm³/mol. The summed E-state index contributed by atoms with van der Waals surface area (Å²) in [5.74, 6) is 1.62. The number of nitrogens with one attached hydrogen (secondary N) is 1. The first-order chi connectivity index (χ1) is 12.0. The summed E-state index contributed by atoms with van der Waals surface area (Å²) in [5.41, 5.74) is -0.905. The number of hydrogen-bond donors (Lipinski definition) is 1. The van der Waals surface area contributed by atoms with Crippen molar-refractivity contribution in [3.63, 3.8) is 0 Å². The average molecular weight is 345 g/mol. The second kappa shape index (κ2) is 7.50. The van der Waals surface area contributed by atoms with E-state index in [1.165, 1.54) is 16.8 Å². The number of aryl methyl sites for hydroxylation is 2. The van der Waals surface area contributed by atoms with Crippen LogP contribution >= 0.6 is 0 Å². The second-order valence-electron chi connectivity index (χ2n) is 6.50. The topological polar surface area (TPSA) is 93.0 Å². The lowest BCUT2D eigenvalue weighted by molar-refractivity contribution is -0.132. The number of rotatable bonds is 5. The molecule has 0 radical (unpaired) electrons. The molecule has 0 aromatic carbocycles. The highest BCUT2D eigenvalue weighted by Gasteiger charge is 2.23. The van der Waals surface area contributed by atoms with E-state index in [-0.39, 0.29) is 18.9 Å². The van der Waals surface area contributed by atoms with E-state index in [9.17, 15) is 14.4 Å². The van der Waals surface area contributed by atoms with Crippen LogP contribution in [0, 0.1) is 12.8 Å². The molecule has 2 aromatic rings. The molecule has 1 N–H and O–H groups in total. The Morgan fingerprint density at radius 1 is 1.24 bits per heavy atom. The lowest BCUT2D eigenvalue weighted by Crippen LogP contribution is -2.40.